The van der Waals surface area contributed by atoms with Crippen molar-refractivity contribution in [1.82, 2.24) is 4.90 Å². The number of carbonyl (C=O) groups is 2. The molecular formula is C21H26N2O3. The summed E-state index contributed by atoms with van der Waals surface area (Å²) >= 11 is 0. The molecule has 0 aliphatic carbocycles. The van der Waals surface area contributed by atoms with Crippen molar-refractivity contribution in [3.63, 3.8) is 0 Å². The molecule has 0 heterocycles. The van der Waals surface area contributed by atoms with Gasteiger partial charge in [-0.2, -0.15) is 0 Å². The normalized spacial score (nSPS) is 10.3. The zero-order valence-corrected chi connectivity index (χ0v) is 15.6. The van der Waals surface area contributed by atoms with Crippen LogP contribution in [0, 0.1) is 0 Å². The molecular weight excluding hydrogens is 328 g/mol. The largest absolute Gasteiger partial charge is 0.484 e. The molecule has 0 spiro atoms. The summed E-state index contributed by atoms with van der Waals surface area (Å²) in [6.07, 6.45) is 2.08. The Morgan fingerprint density at radius 2 is 1.77 bits per heavy atom. The van der Waals surface area contributed by atoms with Crippen molar-refractivity contribution in [3.8, 4) is 5.75 Å². The summed E-state index contributed by atoms with van der Waals surface area (Å²) in [5, 5.41) is 2.81. The smallest absolute Gasteiger partial charge is 0.262 e. The van der Waals surface area contributed by atoms with Gasteiger partial charge in [-0.05, 0) is 48.2 Å². The highest BCUT2D eigenvalue weighted by atomic mass is 16.5. The lowest BCUT2D eigenvalue weighted by atomic mass is 10.1. The van der Waals surface area contributed by atoms with Gasteiger partial charge in [-0.25, -0.2) is 0 Å². The maximum Gasteiger partial charge on any atom is 0.262 e. The molecule has 2 amide bonds. The number of nitrogens with one attached hydrogen (secondary N) is 1. The van der Waals surface area contributed by atoms with Gasteiger partial charge in [0.1, 0.15) is 5.75 Å². The first kappa shape index (κ1) is 19.5. The molecule has 0 atom stereocenters. The maximum atomic E-state index is 12.0. The highest BCUT2D eigenvalue weighted by Crippen LogP contribution is 2.14. The van der Waals surface area contributed by atoms with Crippen LogP contribution in [0.1, 0.15) is 24.5 Å². The van der Waals surface area contributed by atoms with Gasteiger partial charge in [0.2, 0.25) is 5.91 Å². The quantitative estimate of drug-likeness (QED) is 0.791. The topological polar surface area (TPSA) is 58.6 Å². The van der Waals surface area contributed by atoms with Crippen LogP contribution in [0.4, 0.5) is 5.69 Å². The first-order valence-corrected chi connectivity index (χ1v) is 8.78. The molecule has 0 radical (unpaired) electrons. The second-order valence-electron chi connectivity index (χ2n) is 6.32. The Morgan fingerprint density at radius 1 is 1.04 bits per heavy atom. The van der Waals surface area contributed by atoms with Gasteiger partial charge in [0, 0.05) is 26.2 Å². The average molecular weight is 354 g/mol. The summed E-state index contributed by atoms with van der Waals surface area (Å²) in [5.41, 5.74) is 2.95. The van der Waals surface area contributed by atoms with Crippen molar-refractivity contribution in [2.45, 2.75) is 26.2 Å². The van der Waals surface area contributed by atoms with Gasteiger partial charge in [0.15, 0.2) is 6.61 Å². The first-order chi connectivity index (χ1) is 12.5. The van der Waals surface area contributed by atoms with Gasteiger partial charge in [-0.3, -0.25) is 9.59 Å². The van der Waals surface area contributed by atoms with E-state index < -0.39 is 0 Å². The second-order valence-corrected chi connectivity index (χ2v) is 6.32. The van der Waals surface area contributed by atoms with Crippen LogP contribution in [0.2, 0.25) is 0 Å². The minimum Gasteiger partial charge on any atom is -0.484 e. The van der Waals surface area contributed by atoms with Gasteiger partial charge < -0.3 is 15.0 Å². The molecule has 5 heteroatoms. The van der Waals surface area contributed by atoms with E-state index in [-0.39, 0.29) is 18.4 Å². The highest BCUT2D eigenvalue weighted by Gasteiger charge is 2.06. The lowest BCUT2D eigenvalue weighted by molar-refractivity contribution is -0.128. The third-order valence-electron chi connectivity index (χ3n) is 4.04. The van der Waals surface area contributed by atoms with Crippen LogP contribution in [-0.4, -0.2) is 37.4 Å². The van der Waals surface area contributed by atoms with E-state index in [1.165, 1.54) is 5.56 Å². The van der Waals surface area contributed by atoms with Crippen LogP contribution >= 0.6 is 0 Å². The van der Waals surface area contributed by atoms with E-state index in [1.54, 1.807) is 19.0 Å². The molecule has 0 aromatic heterocycles. The number of aryl methyl sites for hydroxylation is 2. The summed E-state index contributed by atoms with van der Waals surface area (Å²) in [4.78, 5) is 25.2. The van der Waals surface area contributed by atoms with E-state index in [0.29, 0.717) is 24.3 Å². The van der Waals surface area contributed by atoms with Crippen molar-refractivity contribution < 1.29 is 14.3 Å². The summed E-state index contributed by atoms with van der Waals surface area (Å²) < 4.78 is 5.54. The number of carbonyl (C=O) groups excluding carboxylic acids is 2. The fourth-order valence-corrected chi connectivity index (χ4v) is 2.43. The third-order valence-corrected chi connectivity index (χ3v) is 4.04. The first-order valence-electron chi connectivity index (χ1n) is 8.78. The molecule has 0 aliphatic heterocycles. The number of nitrogens with zero attached hydrogens (tertiary/aromatic N) is 1. The molecule has 0 fully saturated rings. The molecule has 0 aliphatic rings. The minimum atomic E-state index is -0.206. The van der Waals surface area contributed by atoms with Crippen molar-refractivity contribution in [2.24, 2.45) is 0 Å². The summed E-state index contributed by atoms with van der Waals surface area (Å²) in [5.74, 6) is 0.592. The number of amides is 2. The average Bonchev–Trinajstić information content (AvgIpc) is 2.65. The summed E-state index contributed by atoms with van der Waals surface area (Å²) in [6.45, 7) is 2.04. The SMILES string of the molecule is CCc1cccc(OCC(=O)Nc2ccc(CCC(=O)N(C)C)cc2)c1. The maximum absolute atomic E-state index is 12.0. The molecule has 2 aromatic rings. The summed E-state index contributed by atoms with van der Waals surface area (Å²) in [6, 6.07) is 15.3. The molecule has 138 valence electrons. The number of hydrogen-bond donors (Lipinski definition) is 1. The molecule has 2 rings (SSSR count). The van der Waals surface area contributed by atoms with Crippen molar-refractivity contribution in [3.05, 3.63) is 59.7 Å². The number of ether oxygens (including phenoxy) is 1. The molecule has 2 aromatic carbocycles. The number of rotatable bonds is 8. The van der Waals surface area contributed by atoms with Crippen molar-refractivity contribution in [2.75, 3.05) is 26.0 Å². The Hall–Kier alpha value is -2.82. The fraction of sp³-hybridized carbons (Fsp3) is 0.333. The number of hydrogen-bond acceptors (Lipinski definition) is 3. The Bertz CT molecular complexity index is 739. The minimum absolute atomic E-state index is 0.0355. The van der Waals surface area contributed by atoms with E-state index in [0.717, 1.165) is 12.0 Å². The van der Waals surface area contributed by atoms with Gasteiger partial charge in [-0.15, -0.1) is 0 Å². The molecule has 0 saturated carbocycles. The zero-order chi connectivity index (χ0) is 18.9. The van der Waals surface area contributed by atoms with Gasteiger partial charge >= 0.3 is 0 Å². The number of anilines is 1. The zero-order valence-electron chi connectivity index (χ0n) is 15.6. The van der Waals surface area contributed by atoms with Gasteiger partial charge in [-0.1, -0.05) is 31.2 Å². The van der Waals surface area contributed by atoms with Crippen LogP contribution in [0.3, 0.4) is 0 Å². The molecule has 0 saturated heterocycles. The predicted molar refractivity (Wildman–Crippen MR) is 103 cm³/mol. The Kier molecular flexibility index (Phi) is 7.21. The van der Waals surface area contributed by atoms with Gasteiger partial charge in [0.25, 0.3) is 5.91 Å². The van der Waals surface area contributed by atoms with Crippen LogP contribution in [0.15, 0.2) is 48.5 Å². The van der Waals surface area contributed by atoms with Crippen molar-refractivity contribution >= 4 is 17.5 Å². The van der Waals surface area contributed by atoms with E-state index >= 15 is 0 Å². The van der Waals surface area contributed by atoms with Crippen molar-refractivity contribution in [1.29, 1.82) is 0 Å². The molecule has 1 N–H and O–H groups in total. The second kappa shape index (κ2) is 9.61. The molecule has 5 nitrogen and oxygen atoms in total. The molecule has 0 unspecified atom stereocenters. The monoisotopic (exact) mass is 354 g/mol. The highest BCUT2D eigenvalue weighted by molar-refractivity contribution is 5.91. The predicted octanol–water partition coefficient (Wildman–Crippen LogP) is 3.29. The molecule has 26 heavy (non-hydrogen) atoms. The van der Waals surface area contributed by atoms with E-state index in [1.807, 2.05) is 48.5 Å². The lowest BCUT2D eigenvalue weighted by Gasteiger charge is -2.11. The fourth-order valence-electron chi connectivity index (χ4n) is 2.43. The van der Waals surface area contributed by atoms with Crippen LogP contribution in [0.25, 0.3) is 0 Å². The van der Waals surface area contributed by atoms with Crippen LogP contribution in [-0.2, 0) is 22.4 Å². The van der Waals surface area contributed by atoms with E-state index in [9.17, 15) is 9.59 Å². The van der Waals surface area contributed by atoms with E-state index in [4.69, 9.17) is 4.74 Å². The number of benzene rings is 2. The Morgan fingerprint density at radius 3 is 2.42 bits per heavy atom. The Labute approximate surface area is 155 Å². The summed E-state index contributed by atoms with van der Waals surface area (Å²) in [7, 11) is 3.50. The van der Waals surface area contributed by atoms with Crippen LogP contribution < -0.4 is 10.1 Å². The Balaban J connectivity index is 1.80. The van der Waals surface area contributed by atoms with Crippen LogP contribution in [0.5, 0.6) is 5.75 Å². The molecule has 0 bridgehead atoms. The standard InChI is InChI=1S/C21H26N2O3/c1-4-16-6-5-7-19(14-16)26-15-20(24)22-18-11-8-17(9-12-18)10-13-21(25)23(2)3/h5-9,11-12,14H,4,10,13,15H2,1-3H3,(H,22,24). The van der Waals surface area contributed by atoms with E-state index in [2.05, 4.69) is 12.2 Å². The third kappa shape index (κ3) is 6.24. The van der Waals surface area contributed by atoms with Gasteiger partial charge in [0.05, 0.1) is 0 Å². The lowest BCUT2D eigenvalue weighted by Crippen LogP contribution is -2.21.